The molecule has 2 aromatic rings. The van der Waals surface area contributed by atoms with Crippen molar-refractivity contribution >= 4 is 29.1 Å². The molecule has 0 unspecified atom stereocenters. The minimum absolute atomic E-state index is 0.0818. The number of nitrogens with one attached hydrogen (secondary N) is 1. The molecule has 0 aliphatic heterocycles. The molecule has 0 saturated carbocycles. The first-order chi connectivity index (χ1) is 11.9. The van der Waals surface area contributed by atoms with Gasteiger partial charge < -0.3 is 4.74 Å². The van der Waals surface area contributed by atoms with Crippen LogP contribution in [0, 0.1) is 24.0 Å². The summed E-state index contributed by atoms with van der Waals surface area (Å²) in [5.41, 5.74) is 4.66. The van der Waals surface area contributed by atoms with E-state index in [0.717, 1.165) is 11.1 Å². The van der Waals surface area contributed by atoms with Gasteiger partial charge in [-0.05, 0) is 43.5 Å². The van der Waals surface area contributed by atoms with Gasteiger partial charge in [-0.2, -0.15) is 5.10 Å². The normalized spacial score (nSPS) is 10.8. The minimum Gasteiger partial charge on any atom is -0.484 e. The average Bonchev–Trinajstić information content (AvgIpc) is 2.99. The lowest BCUT2D eigenvalue weighted by molar-refractivity contribution is -0.385. The molecule has 0 bridgehead atoms. The van der Waals surface area contributed by atoms with Crippen LogP contribution in [0.1, 0.15) is 27.8 Å². The van der Waals surface area contributed by atoms with Gasteiger partial charge in [0.2, 0.25) is 0 Å². The summed E-state index contributed by atoms with van der Waals surface area (Å²) in [7, 11) is 0. The summed E-state index contributed by atoms with van der Waals surface area (Å²) in [6.07, 6.45) is 1.97. The number of aryl methyl sites for hydroxylation is 3. The third-order valence-electron chi connectivity index (χ3n) is 3.55. The first kappa shape index (κ1) is 18.6. The van der Waals surface area contributed by atoms with Crippen LogP contribution in [0.25, 0.3) is 0 Å². The van der Waals surface area contributed by atoms with Gasteiger partial charge in [0.1, 0.15) is 5.75 Å². The Morgan fingerprint density at radius 2 is 2.12 bits per heavy atom. The maximum absolute atomic E-state index is 11.7. The number of nitrogens with zero attached hydrogens (tertiary/aromatic N) is 2. The van der Waals surface area contributed by atoms with Crippen molar-refractivity contribution in [1.82, 2.24) is 5.43 Å². The molecule has 8 heteroatoms. The van der Waals surface area contributed by atoms with Crippen molar-refractivity contribution in [1.29, 1.82) is 0 Å². The molecule has 0 radical (unpaired) electrons. The van der Waals surface area contributed by atoms with Crippen molar-refractivity contribution < 1.29 is 14.5 Å². The molecule has 1 heterocycles. The van der Waals surface area contributed by atoms with E-state index in [1.165, 1.54) is 23.6 Å². The molecule has 1 amide bonds. The summed E-state index contributed by atoms with van der Waals surface area (Å²) in [5, 5.41) is 14.7. The van der Waals surface area contributed by atoms with Crippen LogP contribution in [-0.4, -0.2) is 23.7 Å². The van der Waals surface area contributed by atoms with Crippen molar-refractivity contribution in [3.8, 4) is 5.75 Å². The van der Waals surface area contributed by atoms with Crippen LogP contribution in [0.15, 0.2) is 29.4 Å². The van der Waals surface area contributed by atoms with Crippen molar-refractivity contribution in [3.05, 3.63) is 55.3 Å². The summed E-state index contributed by atoms with van der Waals surface area (Å²) in [6, 6.07) is 7.04. The Hall–Kier alpha value is -2.74. The molecule has 2 rings (SSSR count). The van der Waals surface area contributed by atoms with E-state index in [2.05, 4.69) is 10.5 Å². The summed E-state index contributed by atoms with van der Waals surface area (Å²) >= 11 is 1.28. The van der Waals surface area contributed by atoms with Gasteiger partial charge in [-0.3, -0.25) is 14.9 Å². The third kappa shape index (κ3) is 5.12. The van der Waals surface area contributed by atoms with Gasteiger partial charge in [0.15, 0.2) is 6.61 Å². The van der Waals surface area contributed by atoms with Crippen LogP contribution in [0.2, 0.25) is 0 Å². The molecular weight excluding hydrogens is 342 g/mol. The Bertz CT molecular complexity index is 814. The lowest BCUT2D eigenvalue weighted by Crippen LogP contribution is -2.24. The minimum atomic E-state index is -0.414. The first-order valence-electron chi connectivity index (χ1n) is 7.69. The van der Waals surface area contributed by atoms with Crippen molar-refractivity contribution in [2.45, 2.75) is 27.2 Å². The molecule has 0 aliphatic rings. The summed E-state index contributed by atoms with van der Waals surface area (Å²) < 4.78 is 5.41. The van der Waals surface area contributed by atoms with E-state index in [-0.39, 0.29) is 12.3 Å². The highest BCUT2D eigenvalue weighted by Crippen LogP contribution is 2.28. The zero-order valence-electron chi connectivity index (χ0n) is 14.2. The Labute approximate surface area is 149 Å². The molecule has 0 fully saturated rings. The van der Waals surface area contributed by atoms with E-state index in [0.29, 0.717) is 21.9 Å². The number of carbonyl (C=O) groups excluding carboxylic acids is 1. The van der Waals surface area contributed by atoms with E-state index in [4.69, 9.17) is 4.74 Å². The van der Waals surface area contributed by atoms with E-state index in [9.17, 15) is 14.9 Å². The fraction of sp³-hybridized carbons (Fsp3) is 0.294. The largest absolute Gasteiger partial charge is 0.484 e. The molecule has 0 atom stereocenters. The van der Waals surface area contributed by atoms with Gasteiger partial charge in [0, 0.05) is 6.07 Å². The van der Waals surface area contributed by atoms with Gasteiger partial charge in [-0.1, -0.05) is 13.0 Å². The number of nitro groups is 1. The summed E-state index contributed by atoms with van der Waals surface area (Å²) in [5.74, 6) is 0.208. The monoisotopic (exact) mass is 361 g/mol. The van der Waals surface area contributed by atoms with Gasteiger partial charge >= 0.3 is 0 Å². The van der Waals surface area contributed by atoms with Crippen LogP contribution in [-0.2, 0) is 11.2 Å². The van der Waals surface area contributed by atoms with Crippen LogP contribution in [0.3, 0.4) is 0 Å². The number of benzene rings is 1. The fourth-order valence-corrected chi connectivity index (χ4v) is 3.01. The summed E-state index contributed by atoms with van der Waals surface area (Å²) in [6.45, 7) is 5.66. The lowest BCUT2D eigenvalue weighted by Gasteiger charge is -2.07. The summed E-state index contributed by atoms with van der Waals surface area (Å²) in [4.78, 5) is 23.5. The van der Waals surface area contributed by atoms with Gasteiger partial charge in [-0.25, -0.2) is 5.43 Å². The second-order valence-electron chi connectivity index (χ2n) is 5.40. The molecule has 1 aromatic heterocycles. The number of amides is 1. The van der Waals surface area contributed by atoms with Crippen LogP contribution < -0.4 is 10.2 Å². The smallest absolute Gasteiger partial charge is 0.283 e. The Kier molecular flexibility index (Phi) is 6.24. The third-order valence-corrected chi connectivity index (χ3v) is 4.76. The Morgan fingerprint density at radius 3 is 2.72 bits per heavy atom. The molecule has 1 aromatic carbocycles. The zero-order valence-corrected chi connectivity index (χ0v) is 15.1. The quantitative estimate of drug-likeness (QED) is 0.465. The molecular formula is C17H19N3O4S. The SMILES string of the molecule is CCc1sc(/C=N/NC(=O)COc2ccc(C)c(C)c2)cc1[N+](=O)[O-]. The average molecular weight is 361 g/mol. The second kappa shape index (κ2) is 8.39. The van der Waals surface area contributed by atoms with E-state index < -0.39 is 10.8 Å². The first-order valence-corrected chi connectivity index (χ1v) is 8.51. The van der Waals surface area contributed by atoms with Crippen molar-refractivity contribution in [3.63, 3.8) is 0 Å². The maximum atomic E-state index is 11.7. The number of thiophene rings is 1. The zero-order chi connectivity index (χ0) is 18.4. The number of rotatable bonds is 7. The second-order valence-corrected chi connectivity index (χ2v) is 6.56. The molecule has 25 heavy (non-hydrogen) atoms. The standard InChI is InChI=1S/C17H19N3O4S/c1-4-16-15(20(22)23)8-14(25-16)9-18-19-17(21)10-24-13-6-5-11(2)12(3)7-13/h5-9H,4,10H2,1-3H3,(H,19,21)/b18-9+. The molecule has 0 saturated heterocycles. The van der Waals surface area contributed by atoms with E-state index in [1.807, 2.05) is 32.9 Å². The van der Waals surface area contributed by atoms with Crippen LogP contribution >= 0.6 is 11.3 Å². The topological polar surface area (TPSA) is 93.8 Å². The van der Waals surface area contributed by atoms with Crippen molar-refractivity contribution in [2.75, 3.05) is 6.61 Å². The molecule has 0 spiro atoms. The Balaban J connectivity index is 1.88. The molecule has 7 nitrogen and oxygen atoms in total. The molecule has 1 N–H and O–H groups in total. The Morgan fingerprint density at radius 1 is 1.36 bits per heavy atom. The van der Waals surface area contributed by atoms with Gasteiger partial charge in [-0.15, -0.1) is 11.3 Å². The van der Waals surface area contributed by atoms with Gasteiger partial charge in [0.25, 0.3) is 11.6 Å². The highest BCUT2D eigenvalue weighted by molar-refractivity contribution is 7.14. The van der Waals surface area contributed by atoms with Crippen LogP contribution in [0.4, 0.5) is 5.69 Å². The molecule has 0 aliphatic carbocycles. The van der Waals surface area contributed by atoms with Gasteiger partial charge in [0.05, 0.1) is 20.9 Å². The number of hydrazone groups is 1. The number of hydrogen-bond acceptors (Lipinski definition) is 6. The highest BCUT2D eigenvalue weighted by Gasteiger charge is 2.16. The lowest BCUT2D eigenvalue weighted by atomic mass is 10.1. The number of ether oxygens (including phenoxy) is 1. The van der Waals surface area contributed by atoms with E-state index >= 15 is 0 Å². The number of carbonyl (C=O) groups is 1. The predicted octanol–water partition coefficient (Wildman–Crippen LogP) is 3.36. The fourth-order valence-electron chi connectivity index (χ4n) is 2.06. The van der Waals surface area contributed by atoms with Crippen molar-refractivity contribution in [2.24, 2.45) is 5.10 Å². The predicted molar refractivity (Wildman–Crippen MR) is 97.5 cm³/mol. The maximum Gasteiger partial charge on any atom is 0.283 e. The van der Waals surface area contributed by atoms with Crippen LogP contribution in [0.5, 0.6) is 5.75 Å². The van der Waals surface area contributed by atoms with E-state index in [1.54, 1.807) is 6.07 Å². The highest BCUT2D eigenvalue weighted by atomic mass is 32.1. The number of hydrogen-bond donors (Lipinski definition) is 1. The molecule has 132 valence electrons.